The number of carbonyl (C=O) groups excluding carboxylic acids is 1. The predicted molar refractivity (Wildman–Crippen MR) is 61.8 cm³/mol. The third kappa shape index (κ3) is 3.01. The lowest BCUT2D eigenvalue weighted by atomic mass is 10.1. The normalized spacial score (nSPS) is 12.2. The highest BCUT2D eigenvalue weighted by atomic mass is 35.5. The molecule has 0 amide bonds. The van der Waals surface area contributed by atoms with Gasteiger partial charge in [0.2, 0.25) is 0 Å². The first-order chi connectivity index (χ1) is 7.45. The Balaban J connectivity index is 2.93. The van der Waals surface area contributed by atoms with E-state index in [9.17, 15) is 9.90 Å². The van der Waals surface area contributed by atoms with Crippen molar-refractivity contribution >= 4 is 29.2 Å². The molecule has 0 aromatic heterocycles. The average molecular weight is 264 g/mol. The summed E-state index contributed by atoms with van der Waals surface area (Å²) in [5.74, 6) is -0.680. The highest BCUT2D eigenvalue weighted by Crippen LogP contribution is 2.31. The van der Waals surface area contributed by atoms with Gasteiger partial charge in [-0.1, -0.05) is 23.2 Å². The topological polar surface area (TPSA) is 72.5 Å². The van der Waals surface area contributed by atoms with Crippen LogP contribution >= 0.6 is 23.2 Å². The zero-order valence-corrected chi connectivity index (χ0v) is 10.0. The zero-order chi connectivity index (χ0) is 12.3. The second-order valence-electron chi connectivity index (χ2n) is 3.23. The van der Waals surface area contributed by atoms with Crippen molar-refractivity contribution in [3.8, 4) is 5.75 Å². The van der Waals surface area contributed by atoms with E-state index in [0.29, 0.717) is 10.6 Å². The molecule has 6 heteroatoms. The summed E-state index contributed by atoms with van der Waals surface area (Å²) in [7, 11) is 1.24. The van der Waals surface area contributed by atoms with Crippen LogP contribution in [0.4, 0.5) is 0 Å². The van der Waals surface area contributed by atoms with Crippen molar-refractivity contribution in [2.45, 2.75) is 12.5 Å². The van der Waals surface area contributed by atoms with Crippen molar-refractivity contribution < 1.29 is 14.6 Å². The number of rotatable bonds is 3. The van der Waals surface area contributed by atoms with E-state index in [4.69, 9.17) is 28.9 Å². The molecule has 0 saturated heterocycles. The first-order valence-corrected chi connectivity index (χ1v) is 5.21. The van der Waals surface area contributed by atoms with Crippen LogP contribution in [0.5, 0.6) is 5.75 Å². The number of ether oxygens (including phenoxy) is 1. The van der Waals surface area contributed by atoms with E-state index in [1.54, 1.807) is 0 Å². The third-order valence-corrected chi connectivity index (χ3v) is 2.56. The molecule has 0 aliphatic heterocycles. The van der Waals surface area contributed by atoms with Crippen LogP contribution in [0.2, 0.25) is 10.0 Å². The number of esters is 1. The van der Waals surface area contributed by atoms with Crippen molar-refractivity contribution in [1.29, 1.82) is 0 Å². The molecule has 1 atom stereocenters. The highest BCUT2D eigenvalue weighted by molar-refractivity contribution is 6.35. The maximum Gasteiger partial charge on any atom is 0.322 e. The molecule has 0 radical (unpaired) electrons. The molecule has 4 nitrogen and oxygen atoms in total. The Labute approximate surface area is 103 Å². The number of hydrogen-bond acceptors (Lipinski definition) is 4. The Kier molecular flexibility index (Phi) is 4.41. The van der Waals surface area contributed by atoms with Gasteiger partial charge in [0.1, 0.15) is 11.8 Å². The minimum Gasteiger partial charge on any atom is -0.506 e. The van der Waals surface area contributed by atoms with Crippen LogP contribution in [0.15, 0.2) is 12.1 Å². The van der Waals surface area contributed by atoms with E-state index in [0.717, 1.165) is 0 Å². The fourth-order valence-corrected chi connectivity index (χ4v) is 1.78. The highest BCUT2D eigenvalue weighted by Gasteiger charge is 2.17. The first-order valence-electron chi connectivity index (χ1n) is 4.46. The number of phenols is 1. The zero-order valence-electron chi connectivity index (χ0n) is 8.54. The standard InChI is InChI=1S/C10H11Cl2NO3/c1-16-10(15)8(13)3-5-2-6(11)4-7(12)9(5)14/h2,4,8,14H,3,13H2,1H3. The lowest BCUT2D eigenvalue weighted by molar-refractivity contribution is -0.142. The minimum absolute atomic E-state index is 0.110. The Morgan fingerprint density at radius 2 is 2.19 bits per heavy atom. The molecular weight excluding hydrogens is 253 g/mol. The van der Waals surface area contributed by atoms with Gasteiger partial charge < -0.3 is 15.6 Å². The van der Waals surface area contributed by atoms with Gasteiger partial charge in [-0.2, -0.15) is 0 Å². The summed E-state index contributed by atoms with van der Waals surface area (Å²) in [5, 5.41) is 10.1. The Morgan fingerprint density at radius 1 is 1.56 bits per heavy atom. The Bertz CT molecular complexity index is 409. The maximum atomic E-state index is 11.1. The quantitative estimate of drug-likeness (QED) is 0.815. The summed E-state index contributed by atoms with van der Waals surface area (Å²) in [5.41, 5.74) is 5.97. The monoisotopic (exact) mass is 263 g/mol. The fourth-order valence-electron chi connectivity index (χ4n) is 1.25. The van der Waals surface area contributed by atoms with Crippen molar-refractivity contribution in [3.63, 3.8) is 0 Å². The third-order valence-electron chi connectivity index (χ3n) is 2.05. The smallest absolute Gasteiger partial charge is 0.322 e. The largest absolute Gasteiger partial charge is 0.506 e. The fraction of sp³-hybridized carbons (Fsp3) is 0.300. The van der Waals surface area contributed by atoms with Crippen molar-refractivity contribution in [2.24, 2.45) is 5.73 Å². The number of methoxy groups -OCH3 is 1. The van der Waals surface area contributed by atoms with E-state index < -0.39 is 12.0 Å². The van der Waals surface area contributed by atoms with Gasteiger partial charge in [-0.15, -0.1) is 0 Å². The Hall–Kier alpha value is -0.970. The summed E-state index contributed by atoms with van der Waals surface area (Å²) in [6.45, 7) is 0. The van der Waals surface area contributed by atoms with Gasteiger partial charge in [-0.25, -0.2) is 0 Å². The molecule has 0 aliphatic rings. The lowest BCUT2D eigenvalue weighted by Gasteiger charge is -2.11. The summed E-state index contributed by atoms with van der Waals surface area (Å²) in [6, 6.07) is 2.06. The molecule has 0 heterocycles. The summed E-state index contributed by atoms with van der Waals surface area (Å²) < 4.78 is 4.47. The van der Waals surface area contributed by atoms with Crippen LogP contribution in [0.1, 0.15) is 5.56 Å². The molecule has 88 valence electrons. The van der Waals surface area contributed by atoms with Gasteiger partial charge in [0.05, 0.1) is 12.1 Å². The number of phenolic OH excluding ortho intramolecular Hbond substituents is 1. The van der Waals surface area contributed by atoms with Crippen LogP contribution in [0, 0.1) is 0 Å². The number of benzene rings is 1. The molecule has 0 saturated carbocycles. The lowest BCUT2D eigenvalue weighted by Crippen LogP contribution is -2.33. The summed E-state index contributed by atoms with van der Waals surface area (Å²) in [4.78, 5) is 11.1. The van der Waals surface area contributed by atoms with Gasteiger partial charge in [-0.3, -0.25) is 4.79 Å². The molecule has 16 heavy (non-hydrogen) atoms. The van der Waals surface area contributed by atoms with Crippen molar-refractivity contribution in [1.82, 2.24) is 0 Å². The van der Waals surface area contributed by atoms with E-state index in [1.165, 1.54) is 19.2 Å². The molecule has 0 fully saturated rings. The first kappa shape index (κ1) is 13.1. The Morgan fingerprint density at radius 3 is 2.75 bits per heavy atom. The van der Waals surface area contributed by atoms with E-state index in [-0.39, 0.29) is 17.2 Å². The average Bonchev–Trinajstić information content (AvgIpc) is 2.23. The van der Waals surface area contributed by atoms with Gasteiger partial charge >= 0.3 is 5.97 Å². The molecule has 1 aromatic carbocycles. The maximum absolute atomic E-state index is 11.1. The molecule has 0 spiro atoms. The summed E-state index contributed by atoms with van der Waals surface area (Å²) >= 11 is 11.5. The number of carbonyl (C=O) groups is 1. The van der Waals surface area contributed by atoms with Gasteiger partial charge in [0.15, 0.2) is 0 Å². The van der Waals surface area contributed by atoms with Gasteiger partial charge in [0, 0.05) is 11.4 Å². The van der Waals surface area contributed by atoms with Gasteiger partial charge in [0.25, 0.3) is 0 Å². The summed E-state index contributed by atoms with van der Waals surface area (Å²) in [6.07, 6.45) is 0.110. The van der Waals surface area contributed by atoms with Crippen LogP contribution in [-0.4, -0.2) is 24.2 Å². The molecule has 1 rings (SSSR count). The van der Waals surface area contributed by atoms with Gasteiger partial charge in [-0.05, 0) is 17.7 Å². The molecule has 1 unspecified atom stereocenters. The van der Waals surface area contributed by atoms with Crippen LogP contribution in [-0.2, 0) is 16.0 Å². The van der Waals surface area contributed by atoms with Crippen LogP contribution < -0.4 is 5.73 Å². The molecule has 3 N–H and O–H groups in total. The number of hydrogen-bond donors (Lipinski definition) is 2. The van der Waals surface area contributed by atoms with E-state index in [1.807, 2.05) is 0 Å². The number of halogens is 2. The predicted octanol–water partition coefficient (Wildman–Crippen LogP) is 1.74. The van der Waals surface area contributed by atoms with E-state index in [2.05, 4.69) is 4.74 Å². The molecular formula is C10H11Cl2NO3. The number of aromatic hydroxyl groups is 1. The van der Waals surface area contributed by atoms with Crippen molar-refractivity contribution in [3.05, 3.63) is 27.7 Å². The van der Waals surface area contributed by atoms with E-state index >= 15 is 0 Å². The SMILES string of the molecule is COC(=O)C(N)Cc1cc(Cl)cc(Cl)c1O. The second kappa shape index (κ2) is 5.39. The van der Waals surface area contributed by atoms with Crippen molar-refractivity contribution in [2.75, 3.05) is 7.11 Å². The molecule has 1 aromatic rings. The second-order valence-corrected chi connectivity index (χ2v) is 4.07. The molecule has 0 aliphatic carbocycles. The molecule has 0 bridgehead atoms. The minimum atomic E-state index is -0.856. The van der Waals surface area contributed by atoms with Crippen LogP contribution in [0.25, 0.3) is 0 Å². The van der Waals surface area contributed by atoms with Crippen LogP contribution in [0.3, 0.4) is 0 Å². The number of nitrogens with two attached hydrogens (primary N) is 1.